The van der Waals surface area contributed by atoms with Crippen molar-refractivity contribution in [1.82, 2.24) is 9.97 Å². The quantitative estimate of drug-likeness (QED) is 0.739. The number of nitrogens with zero attached hydrogens (tertiary/aromatic N) is 2. The van der Waals surface area contributed by atoms with Gasteiger partial charge in [-0.2, -0.15) is 0 Å². The summed E-state index contributed by atoms with van der Waals surface area (Å²) < 4.78 is 0.650. The average Bonchev–Trinajstić information content (AvgIpc) is 2.46. The molecule has 1 N–H and O–H groups in total. The molecular formula is C16H21BrN2O. The number of aliphatic hydroxyl groups is 1. The Morgan fingerprint density at radius 3 is 2.40 bits per heavy atom. The van der Waals surface area contributed by atoms with Gasteiger partial charge in [-0.3, -0.25) is 0 Å². The minimum absolute atomic E-state index is 0.539. The van der Waals surface area contributed by atoms with Crippen LogP contribution in [0, 0.1) is 0 Å². The van der Waals surface area contributed by atoms with Gasteiger partial charge in [0.2, 0.25) is 0 Å². The summed E-state index contributed by atoms with van der Waals surface area (Å²) in [6, 6.07) is 7.72. The second-order valence-corrected chi connectivity index (χ2v) is 5.86. The Morgan fingerprint density at radius 1 is 1.05 bits per heavy atom. The standard InChI is InChI=1S/C16H21BrN2O/c1-2-3-4-5-6-11-14(20)15-16(17)19-13-10-8-7-9-12(13)18-15/h7-10,14,20H,2-6,11H2,1H3/t14-/m1/s1. The maximum Gasteiger partial charge on any atom is 0.131 e. The number of hydrogen-bond donors (Lipinski definition) is 1. The molecule has 0 radical (unpaired) electrons. The summed E-state index contributed by atoms with van der Waals surface area (Å²) in [6.45, 7) is 2.20. The second kappa shape index (κ2) is 7.70. The van der Waals surface area contributed by atoms with Gasteiger partial charge in [-0.25, -0.2) is 9.97 Å². The third kappa shape index (κ3) is 4.00. The van der Waals surface area contributed by atoms with Crippen molar-refractivity contribution in [2.45, 2.75) is 51.6 Å². The van der Waals surface area contributed by atoms with Gasteiger partial charge in [0, 0.05) is 0 Å². The predicted molar refractivity (Wildman–Crippen MR) is 85.6 cm³/mol. The molecule has 2 aromatic rings. The summed E-state index contributed by atoms with van der Waals surface area (Å²) in [5, 5.41) is 10.3. The largest absolute Gasteiger partial charge is 0.387 e. The molecule has 1 atom stereocenters. The van der Waals surface area contributed by atoms with E-state index in [9.17, 15) is 5.11 Å². The van der Waals surface area contributed by atoms with Crippen molar-refractivity contribution in [3.63, 3.8) is 0 Å². The van der Waals surface area contributed by atoms with Gasteiger partial charge in [0.15, 0.2) is 0 Å². The number of benzene rings is 1. The van der Waals surface area contributed by atoms with E-state index in [4.69, 9.17) is 0 Å². The number of aromatic nitrogens is 2. The molecule has 0 bridgehead atoms. The Bertz CT molecular complexity index is 559. The van der Waals surface area contributed by atoms with Crippen molar-refractivity contribution in [3.8, 4) is 0 Å². The molecule has 0 aliphatic rings. The summed E-state index contributed by atoms with van der Waals surface area (Å²) >= 11 is 3.42. The summed E-state index contributed by atoms with van der Waals surface area (Å²) in [5.74, 6) is 0. The van der Waals surface area contributed by atoms with Gasteiger partial charge in [0.05, 0.1) is 17.1 Å². The van der Waals surface area contributed by atoms with Gasteiger partial charge in [-0.1, -0.05) is 51.2 Å². The Kier molecular flexibility index (Phi) is 5.92. The lowest BCUT2D eigenvalue weighted by Gasteiger charge is -2.12. The zero-order chi connectivity index (χ0) is 14.4. The molecule has 0 spiro atoms. The fourth-order valence-electron chi connectivity index (χ4n) is 2.28. The zero-order valence-electron chi connectivity index (χ0n) is 11.8. The number of rotatable bonds is 7. The zero-order valence-corrected chi connectivity index (χ0v) is 13.4. The minimum atomic E-state index is -0.539. The lowest BCUT2D eigenvalue weighted by molar-refractivity contribution is 0.158. The lowest BCUT2D eigenvalue weighted by atomic mass is 10.1. The molecule has 0 saturated carbocycles. The van der Waals surface area contributed by atoms with Crippen LogP contribution in [-0.2, 0) is 0 Å². The fraction of sp³-hybridized carbons (Fsp3) is 0.500. The van der Waals surface area contributed by atoms with E-state index in [2.05, 4.69) is 32.8 Å². The molecule has 1 aromatic heterocycles. The molecule has 108 valence electrons. The van der Waals surface area contributed by atoms with Crippen molar-refractivity contribution >= 4 is 27.0 Å². The maximum absolute atomic E-state index is 10.3. The first-order valence-electron chi connectivity index (χ1n) is 7.32. The highest BCUT2D eigenvalue weighted by Crippen LogP contribution is 2.26. The van der Waals surface area contributed by atoms with Crippen molar-refractivity contribution in [3.05, 3.63) is 34.6 Å². The van der Waals surface area contributed by atoms with Crippen LogP contribution in [0.4, 0.5) is 0 Å². The van der Waals surface area contributed by atoms with Crippen LogP contribution in [0.25, 0.3) is 11.0 Å². The first-order valence-corrected chi connectivity index (χ1v) is 8.12. The topological polar surface area (TPSA) is 46.0 Å². The summed E-state index contributed by atoms with van der Waals surface area (Å²) in [4.78, 5) is 8.98. The summed E-state index contributed by atoms with van der Waals surface area (Å²) in [7, 11) is 0. The van der Waals surface area contributed by atoms with E-state index in [0.29, 0.717) is 10.3 Å². The Hall–Kier alpha value is -1.00. The minimum Gasteiger partial charge on any atom is -0.387 e. The van der Waals surface area contributed by atoms with Gasteiger partial charge in [-0.05, 0) is 34.5 Å². The molecule has 3 nitrogen and oxygen atoms in total. The van der Waals surface area contributed by atoms with Crippen molar-refractivity contribution in [1.29, 1.82) is 0 Å². The average molecular weight is 337 g/mol. The van der Waals surface area contributed by atoms with E-state index in [0.717, 1.165) is 23.9 Å². The third-order valence-electron chi connectivity index (χ3n) is 3.45. The molecule has 0 unspecified atom stereocenters. The number of para-hydroxylation sites is 2. The van der Waals surface area contributed by atoms with Gasteiger partial charge in [0.25, 0.3) is 0 Å². The van der Waals surface area contributed by atoms with Crippen LogP contribution < -0.4 is 0 Å². The number of hydrogen-bond acceptors (Lipinski definition) is 3. The number of aliphatic hydroxyl groups excluding tert-OH is 1. The highest BCUT2D eigenvalue weighted by atomic mass is 79.9. The molecule has 20 heavy (non-hydrogen) atoms. The summed E-state index contributed by atoms with van der Waals surface area (Å²) in [6.07, 6.45) is 6.16. The van der Waals surface area contributed by atoms with Gasteiger partial charge in [-0.15, -0.1) is 0 Å². The van der Waals surface area contributed by atoms with E-state index in [1.54, 1.807) is 0 Å². The first-order chi connectivity index (χ1) is 9.72. The molecule has 0 aliphatic carbocycles. The lowest BCUT2D eigenvalue weighted by Crippen LogP contribution is -2.04. The Labute approximate surface area is 128 Å². The normalized spacial score (nSPS) is 12.8. The SMILES string of the molecule is CCCCCCC[C@@H](O)c1nc2ccccc2nc1Br. The number of fused-ring (bicyclic) bond motifs is 1. The monoisotopic (exact) mass is 336 g/mol. The Morgan fingerprint density at radius 2 is 1.70 bits per heavy atom. The van der Waals surface area contributed by atoms with Crippen molar-refractivity contribution < 1.29 is 5.11 Å². The highest BCUT2D eigenvalue weighted by molar-refractivity contribution is 9.10. The van der Waals surface area contributed by atoms with Gasteiger partial charge in [0.1, 0.15) is 10.3 Å². The van der Waals surface area contributed by atoms with E-state index in [-0.39, 0.29) is 0 Å². The molecule has 0 amide bonds. The molecular weight excluding hydrogens is 316 g/mol. The van der Waals surface area contributed by atoms with Crippen LogP contribution in [-0.4, -0.2) is 15.1 Å². The summed E-state index contributed by atoms with van der Waals surface area (Å²) in [5.41, 5.74) is 2.33. The molecule has 0 fully saturated rings. The van der Waals surface area contributed by atoms with Crippen LogP contribution in [0.15, 0.2) is 28.9 Å². The van der Waals surface area contributed by atoms with Crippen LogP contribution >= 0.6 is 15.9 Å². The van der Waals surface area contributed by atoms with E-state index >= 15 is 0 Å². The Balaban J connectivity index is 2.02. The van der Waals surface area contributed by atoms with E-state index in [1.165, 1.54) is 25.7 Å². The van der Waals surface area contributed by atoms with Crippen molar-refractivity contribution in [2.75, 3.05) is 0 Å². The molecule has 0 aliphatic heterocycles. The van der Waals surface area contributed by atoms with Gasteiger partial charge >= 0.3 is 0 Å². The molecule has 2 rings (SSSR count). The number of halogens is 1. The highest BCUT2D eigenvalue weighted by Gasteiger charge is 2.15. The van der Waals surface area contributed by atoms with Gasteiger partial charge < -0.3 is 5.11 Å². The third-order valence-corrected chi connectivity index (χ3v) is 4.03. The smallest absolute Gasteiger partial charge is 0.131 e. The molecule has 0 saturated heterocycles. The molecule has 1 aromatic carbocycles. The van der Waals surface area contributed by atoms with E-state index < -0.39 is 6.10 Å². The van der Waals surface area contributed by atoms with Crippen LogP contribution in [0.5, 0.6) is 0 Å². The maximum atomic E-state index is 10.3. The van der Waals surface area contributed by atoms with E-state index in [1.807, 2.05) is 24.3 Å². The number of unbranched alkanes of at least 4 members (excludes halogenated alkanes) is 4. The molecule has 4 heteroatoms. The second-order valence-electron chi connectivity index (χ2n) is 5.11. The fourth-order valence-corrected chi connectivity index (χ4v) is 2.83. The predicted octanol–water partition coefficient (Wildman–Crippen LogP) is 4.79. The van der Waals surface area contributed by atoms with Crippen LogP contribution in [0.1, 0.15) is 57.2 Å². The molecule has 1 heterocycles. The van der Waals surface area contributed by atoms with Crippen LogP contribution in [0.2, 0.25) is 0 Å². The van der Waals surface area contributed by atoms with Crippen LogP contribution in [0.3, 0.4) is 0 Å². The van der Waals surface area contributed by atoms with Crippen molar-refractivity contribution in [2.24, 2.45) is 0 Å². The first kappa shape index (κ1) is 15.4.